The third kappa shape index (κ3) is 5.67. The fourth-order valence-electron chi connectivity index (χ4n) is 5.27. The molecular weight excluding hydrogens is 499 g/mol. The number of fused-ring (bicyclic) bond motifs is 1. The summed E-state index contributed by atoms with van der Waals surface area (Å²) < 4.78 is 20.9. The van der Waals surface area contributed by atoms with Gasteiger partial charge in [0.2, 0.25) is 0 Å². The lowest BCUT2D eigenvalue weighted by atomic mass is 10.1. The van der Waals surface area contributed by atoms with Gasteiger partial charge in [-0.3, -0.25) is 9.69 Å². The molecule has 0 aliphatic heterocycles. The van der Waals surface area contributed by atoms with Crippen molar-refractivity contribution < 1.29 is 8.81 Å². The van der Waals surface area contributed by atoms with E-state index in [9.17, 15) is 9.18 Å². The molecule has 0 amide bonds. The van der Waals surface area contributed by atoms with Gasteiger partial charge in [-0.1, -0.05) is 42.5 Å². The number of pyridine rings is 1. The molecule has 38 heavy (non-hydrogen) atoms. The number of halogens is 2. The summed E-state index contributed by atoms with van der Waals surface area (Å²) in [5, 5.41) is 1.09. The fraction of sp³-hybridized carbons (Fsp3) is 0.312. The van der Waals surface area contributed by atoms with Gasteiger partial charge in [0, 0.05) is 41.0 Å². The van der Waals surface area contributed by atoms with Gasteiger partial charge in [-0.05, 0) is 79.5 Å². The molecule has 2 aromatic heterocycles. The summed E-state index contributed by atoms with van der Waals surface area (Å²) in [6.45, 7) is 1.76. The van der Waals surface area contributed by atoms with Crippen LogP contribution in [0.2, 0.25) is 5.02 Å². The van der Waals surface area contributed by atoms with Crippen LogP contribution >= 0.6 is 11.6 Å². The second-order valence-electron chi connectivity index (χ2n) is 10.4. The quantitative estimate of drug-likeness (QED) is 0.249. The largest absolute Gasteiger partial charge is 0.459 e. The Morgan fingerprint density at radius 1 is 0.974 bits per heavy atom. The molecule has 192 valence electrons. The Kier molecular flexibility index (Phi) is 7.02. The molecule has 0 N–H and O–H groups in total. The maximum absolute atomic E-state index is 14.7. The van der Waals surface area contributed by atoms with Crippen LogP contribution in [0.1, 0.15) is 55.5 Å². The minimum atomic E-state index is -0.507. The lowest BCUT2D eigenvalue weighted by Crippen LogP contribution is -2.34. The first-order valence-electron chi connectivity index (χ1n) is 13.3. The zero-order valence-corrected chi connectivity index (χ0v) is 21.8. The molecule has 2 aromatic carbocycles. The lowest BCUT2D eigenvalue weighted by Gasteiger charge is -2.28. The molecule has 0 atom stereocenters. The van der Waals surface area contributed by atoms with E-state index >= 15 is 0 Å². The van der Waals surface area contributed by atoms with Crippen LogP contribution < -0.4 is 5.43 Å². The van der Waals surface area contributed by atoms with Crippen molar-refractivity contribution in [2.24, 2.45) is 5.92 Å². The molecule has 0 bridgehead atoms. The maximum Gasteiger partial charge on any atom is 0.193 e. The van der Waals surface area contributed by atoms with Crippen LogP contribution in [0, 0.1) is 23.6 Å². The summed E-state index contributed by atoms with van der Waals surface area (Å²) in [6, 6.07) is 16.0. The predicted octanol–water partition coefficient (Wildman–Crippen LogP) is 7.20. The SMILES string of the molecule is O=c1cc(CN(CC2CC2)C2CCCC2)oc2ccc(C#Cc3ncc(-c4ccc(Cl)cc4)cc3F)cc12. The zero-order chi connectivity index (χ0) is 26.1. The number of aromatic nitrogens is 1. The van der Waals surface area contributed by atoms with Crippen LogP contribution in [0.15, 0.2) is 70.0 Å². The highest BCUT2D eigenvalue weighted by molar-refractivity contribution is 6.30. The van der Waals surface area contributed by atoms with Crippen LogP contribution in [0.3, 0.4) is 0 Å². The molecule has 2 heterocycles. The number of benzene rings is 2. The molecular formula is C32H28ClFN2O2. The van der Waals surface area contributed by atoms with E-state index < -0.39 is 5.82 Å². The first-order valence-corrected chi connectivity index (χ1v) is 13.6. The standard InChI is InChI=1S/C32H28ClFN2O2/c33-25-11-9-23(10-12-25)24-16-29(34)30(35-18-24)13-7-21-8-14-32-28(15-21)31(37)17-27(38-32)20-36(19-22-5-6-22)26-3-1-2-4-26/h8-12,14-18,22,26H,1-6,19-20H2. The first kappa shape index (κ1) is 24.9. The predicted molar refractivity (Wildman–Crippen MR) is 148 cm³/mol. The Morgan fingerprint density at radius 3 is 2.50 bits per heavy atom. The zero-order valence-electron chi connectivity index (χ0n) is 21.1. The van der Waals surface area contributed by atoms with Crippen LogP contribution in [0.25, 0.3) is 22.1 Å². The minimum absolute atomic E-state index is 0.0489. The van der Waals surface area contributed by atoms with Crippen LogP contribution in [-0.2, 0) is 6.54 Å². The summed E-state index contributed by atoms with van der Waals surface area (Å²) in [5.74, 6) is 6.73. The number of hydrogen-bond donors (Lipinski definition) is 0. The Balaban J connectivity index is 1.22. The van der Waals surface area contributed by atoms with E-state index in [4.69, 9.17) is 16.0 Å². The summed E-state index contributed by atoms with van der Waals surface area (Å²) in [4.78, 5) is 19.7. The lowest BCUT2D eigenvalue weighted by molar-refractivity contribution is 0.168. The van der Waals surface area contributed by atoms with Crippen molar-refractivity contribution in [1.29, 1.82) is 0 Å². The smallest absolute Gasteiger partial charge is 0.193 e. The van der Waals surface area contributed by atoms with Gasteiger partial charge in [-0.25, -0.2) is 9.37 Å². The number of hydrogen-bond acceptors (Lipinski definition) is 4. The van der Waals surface area contributed by atoms with E-state index in [0.717, 1.165) is 18.0 Å². The van der Waals surface area contributed by atoms with Crippen LogP contribution in [0.5, 0.6) is 0 Å². The summed E-state index contributed by atoms with van der Waals surface area (Å²) in [7, 11) is 0. The molecule has 2 saturated carbocycles. The van der Waals surface area contributed by atoms with Crippen molar-refractivity contribution >= 4 is 22.6 Å². The van der Waals surface area contributed by atoms with Crippen molar-refractivity contribution in [3.8, 4) is 23.0 Å². The molecule has 2 fully saturated rings. The number of rotatable bonds is 6. The Bertz CT molecular complexity index is 1590. The first-order chi connectivity index (χ1) is 18.5. The number of nitrogens with zero attached hydrogens (tertiary/aromatic N) is 2. The van der Waals surface area contributed by atoms with Crippen LogP contribution in [0.4, 0.5) is 4.39 Å². The third-order valence-electron chi connectivity index (χ3n) is 7.51. The highest BCUT2D eigenvalue weighted by Gasteiger charge is 2.30. The molecule has 0 unspecified atom stereocenters. The van der Waals surface area contributed by atoms with E-state index in [0.29, 0.717) is 45.5 Å². The van der Waals surface area contributed by atoms with Gasteiger partial charge in [-0.15, -0.1) is 0 Å². The van der Waals surface area contributed by atoms with Crippen molar-refractivity contribution in [3.05, 3.63) is 98.9 Å². The molecule has 2 aliphatic rings. The molecule has 4 aromatic rings. The Hall–Kier alpha value is -3.46. The van der Waals surface area contributed by atoms with Gasteiger partial charge < -0.3 is 4.42 Å². The minimum Gasteiger partial charge on any atom is -0.459 e. The van der Waals surface area contributed by atoms with Crippen molar-refractivity contribution in [3.63, 3.8) is 0 Å². The monoisotopic (exact) mass is 526 g/mol. The Morgan fingerprint density at radius 2 is 1.76 bits per heavy atom. The highest BCUT2D eigenvalue weighted by atomic mass is 35.5. The van der Waals surface area contributed by atoms with Gasteiger partial charge in [0.1, 0.15) is 17.0 Å². The average molecular weight is 527 g/mol. The van der Waals surface area contributed by atoms with E-state index in [1.807, 2.05) is 12.1 Å². The molecule has 6 rings (SSSR count). The van der Waals surface area contributed by atoms with Gasteiger partial charge in [0.15, 0.2) is 11.2 Å². The van der Waals surface area contributed by atoms with E-state index in [1.54, 1.807) is 42.6 Å². The molecule has 0 spiro atoms. The summed E-state index contributed by atoms with van der Waals surface area (Å²) in [6.07, 6.45) is 9.22. The van der Waals surface area contributed by atoms with Gasteiger partial charge >= 0.3 is 0 Å². The second kappa shape index (κ2) is 10.7. The van der Waals surface area contributed by atoms with Crippen molar-refractivity contribution in [1.82, 2.24) is 9.88 Å². The average Bonchev–Trinajstić information content (AvgIpc) is 3.56. The fourth-order valence-corrected chi connectivity index (χ4v) is 5.39. The second-order valence-corrected chi connectivity index (χ2v) is 10.8. The molecule has 4 nitrogen and oxygen atoms in total. The maximum atomic E-state index is 14.7. The van der Waals surface area contributed by atoms with Gasteiger partial charge in [0.25, 0.3) is 0 Å². The topological polar surface area (TPSA) is 46.3 Å². The van der Waals surface area contributed by atoms with E-state index in [-0.39, 0.29) is 11.1 Å². The summed E-state index contributed by atoms with van der Waals surface area (Å²) in [5.41, 5.74) is 2.58. The van der Waals surface area contributed by atoms with Crippen LogP contribution in [-0.4, -0.2) is 22.5 Å². The molecule has 0 radical (unpaired) electrons. The highest BCUT2D eigenvalue weighted by Crippen LogP contribution is 2.34. The third-order valence-corrected chi connectivity index (χ3v) is 7.76. The summed E-state index contributed by atoms with van der Waals surface area (Å²) >= 11 is 5.94. The Labute approximate surface area is 226 Å². The van der Waals surface area contributed by atoms with E-state index in [2.05, 4.69) is 21.7 Å². The molecule has 0 saturated heterocycles. The molecule has 2 aliphatic carbocycles. The van der Waals surface area contributed by atoms with Crippen molar-refractivity contribution in [2.45, 2.75) is 51.1 Å². The van der Waals surface area contributed by atoms with Gasteiger partial charge in [0.05, 0.1) is 11.9 Å². The van der Waals surface area contributed by atoms with Gasteiger partial charge in [-0.2, -0.15) is 0 Å². The molecule has 6 heteroatoms. The van der Waals surface area contributed by atoms with E-state index in [1.165, 1.54) is 44.6 Å². The normalized spacial score (nSPS) is 15.7. The van der Waals surface area contributed by atoms with Crippen molar-refractivity contribution in [2.75, 3.05) is 6.54 Å².